The van der Waals surface area contributed by atoms with Crippen molar-refractivity contribution in [2.75, 3.05) is 5.32 Å². The number of carbonyl (C=O) groups excluding carboxylic acids is 1. The number of nitrogens with zero attached hydrogens (tertiary/aromatic N) is 1. The molecule has 0 radical (unpaired) electrons. The summed E-state index contributed by atoms with van der Waals surface area (Å²) in [6.45, 7) is 5.63. The van der Waals surface area contributed by atoms with Gasteiger partial charge in [-0.25, -0.2) is 9.78 Å². The van der Waals surface area contributed by atoms with E-state index in [1.165, 1.54) is 6.07 Å². The minimum Gasteiger partial charge on any atom is -0.459 e. The van der Waals surface area contributed by atoms with Crippen LogP contribution in [0.3, 0.4) is 0 Å². The van der Waals surface area contributed by atoms with Gasteiger partial charge >= 0.3 is 5.97 Å². The molecule has 122 valence electrons. The van der Waals surface area contributed by atoms with E-state index >= 15 is 0 Å². The Morgan fingerprint density at radius 2 is 2.13 bits per heavy atom. The minimum atomic E-state index is -0.384. The molecule has 0 spiro atoms. The van der Waals surface area contributed by atoms with Crippen LogP contribution in [-0.2, 0) is 11.2 Å². The van der Waals surface area contributed by atoms with E-state index in [4.69, 9.17) is 4.74 Å². The van der Waals surface area contributed by atoms with Gasteiger partial charge in [0, 0.05) is 17.4 Å². The fraction of sp³-hybridized carbons (Fsp3) is 0.353. The van der Waals surface area contributed by atoms with Crippen LogP contribution in [0.4, 0.5) is 11.6 Å². The van der Waals surface area contributed by atoms with Gasteiger partial charge in [-0.2, -0.15) is 0 Å². The summed E-state index contributed by atoms with van der Waals surface area (Å²) in [5.74, 6) is -0.0276. The fourth-order valence-electron chi connectivity index (χ4n) is 2.09. The number of aromatic nitrogens is 2. The van der Waals surface area contributed by atoms with Crippen LogP contribution in [0.25, 0.3) is 0 Å². The van der Waals surface area contributed by atoms with Gasteiger partial charge in [-0.15, -0.1) is 0 Å². The third-order valence-electron chi connectivity index (χ3n) is 3.00. The van der Waals surface area contributed by atoms with Crippen LogP contribution >= 0.6 is 0 Å². The zero-order chi connectivity index (χ0) is 16.8. The quantitative estimate of drug-likeness (QED) is 0.800. The first kappa shape index (κ1) is 16.7. The first-order chi connectivity index (χ1) is 11.0. The molecule has 1 aromatic heterocycles. The molecule has 2 rings (SSSR count). The van der Waals surface area contributed by atoms with Crippen LogP contribution in [0.1, 0.15) is 43.2 Å². The summed E-state index contributed by atoms with van der Waals surface area (Å²) in [6, 6.07) is 8.37. The lowest BCUT2D eigenvalue weighted by molar-refractivity contribution is 0.0378. The molecule has 0 saturated carbocycles. The van der Waals surface area contributed by atoms with E-state index in [2.05, 4.69) is 15.3 Å². The lowest BCUT2D eigenvalue weighted by atomic mass is 10.2. The van der Waals surface area contributed by atoms with Crippen molar-refractivity contribution in [2.24, 2.45) is 0 Å². The maximum absolute atomic E-state index is 11.9. The lowest BCUT2D eigenvalue weighted by Crippen LogP contribution is -2.13. The predicted molar refractivity (Wildman–Crippen MR) is 89.1 cm³/mol. The lowest BCUT2D eigenvalue weighted by Gasteiger charge is -2.10. The van der Waals surface area contributed by atoms with Gasteiger partial charge in [-0.05, 0) is 38.5 Å². The van der Waals surface area contributed by atoms with Crippen molar-refractivity contribution in [2.45, 2.75) is 39.7 Å². The number of anilines is 2. The number of aryl methyl sites for hydroxylation is 1. The van der Waals surface area contributed by atoms with Crippen LogP contribution in [0.5, 0.6) is 0 Å². The molecule has 0 aliphatic heterocycles. The number of carbonyl (C=O) groups is 1. The summed E-state index contributed by atoms with van der Waals surface area (Å²) >= 11 is 0. The molecule has 23 heavy (non-hydrogen) atoms. The molecule has 6 nitrogen and oxygen atoms in total. The van der Waals surface area contributed by atoms with Gasteiger partial charge in [0.15, 0.2) is 0 Å². The van der Waals surface area contributed by atoms with E-state index in [0.29, 0.717) is 17.2 Å². The van der Waals surface area contributed by atoms with E-state index in [9.17, 15) is 9.59 Å². The Bertz CT molecular complexity index is 738. The fourth-order valence-corrected chi connectivity index (χ4v) is 2.09. The molecule has 1 heterocycles. The Morgan fingerprint density at radius 1 is 1.35 bits per heavy atom. The number of H-pyrrole nitrogens is 1. The van der Waals surface area contributed by atoms with Gasteiger partial charge in [0.1, 0.15) is 0 Å². The van der Waals surface area contributed by atoms with Gasteiger partial charge in [-0.3, -0.25) is 9.78 Å². The number of benzene rings is 1. The largest absolute Gasteiger partial charge is 0.459 e. The van der Waals surface area contributed by atoms with E-state index < -0.39 is 0 Å². The molecule has 0 saturated heterocycles. The molecular formula is C17H21N3O3. The van der Waals surface area contributed by atoms with Gasteiger partial charge in [0.25, 0.3) is 5.56 Å². The number of ether oxygens (including phenoxy) is 1. The number of aromatic amines is 1. The first-order valence-electron chi connectivity index (χ1n) is 7.66. The second-order valence-corrected chi connectivity index (χ2v) is 5.50. The van der Waals surface area contributed by atoms with Crippen LogP contribution in [0.15, 0.2) is 35.1 Å². The topological polar surface area (TPSA) is 84.1 Å². The van der Waals surface area contributed by atoms with Crippen molar-refractivity contribution in [1.29, 1.82) is 0 Å². The van der Waals surface area contributed by atoms with Crippen LogP contribution < -0.4 is 10.9 Å². The zero-order valence-electron chi connectivity index (χ0n) is 13.6. The Labute approximate surface area is 134 Å². The SMILES string of the molecule is CCCc1cc(=O)[nH]c(Nc2cccc(C(=O)OC(C)C)c2)n1. The molecule has 0 aliphatic carbocycles. The van der Waals surface area contributed by atoms with Crippen molar-refractivity contribution in [3.63, 3.8) is 0 Å². The van der Waals surface area contributed by atoms with Crippen molar-refractivity contribution in [3.05, 3.63) is 51.9 Å². The highest BCUT2D eigenvalue weighted by molar-refractivity contribution is 5.90. The smallest absolute Gasteiger partial charge is 0.338 e. The highest BCUT2D eigenvalue weighted by Gasteiger charge is 2.10. The van der Waals surface area contributed by atoms with Crippen molar-refractivity contribution in [1.82, 2.24) is 9.97 Å². The number of hydrogen-bond acceptors (Lipinski definition) is 5. The molecule has 2 aromatic rings. The molecule has 0 aliphatic rings. The molecule has 0 unspecified atom stereocenters. The molecule has 1 aromatic carbocycles. The van der Waals surface area contributed by atoms with Crippen molar-refractivity contribution in [3.8, 4) is 0 Å². The van der Waals surface area contributed by atoms with Gasteiger partial charge in [-0.1, -0.05) is 19.4 Å². The summed E-state index contributed by atoms with van der Waals surface area (Å²) in [5, 5.41) is 3.02. The van der Waals surface area contributed by atoms with E-state index in [1.807, 2.05) is 6.92 Å². The standard InChI is InChI=1S/C17H21N3O3/c1-4-6-13-10-15(21)20-17(18-13)19-14-8-5-7-12(9-14)16(22)23-11(2)3/h5,7-11H,4,6H2,1-3H3,(H2,18,19,20,21). The highest BCUT2D eigenvalue weighted by atomic mass is 16.5. The number of hydrogen-bond donors (Lipinski definition) is 2. The normalized spacial score (nSPS) is 10.6. The van der Waals surface area contributed by atoms with Crippen molar-refractivity contribution < 1.29 is 9.53 Å². The maximum Gasteiger partial charge on any atom is 0.338 e. The van der Waals surface area contributed by atoms with Gasteiger partial charge in [0.2, 0.25) is 5.95 Å². The summed E-state index contributed by atoms with van der Waals surface area (Å²) in [7, 11) is 0. The molecular weight excluding hydrogens is 294 g/mol. The number of esters is 1. The molecule has 6 heteroatoms. The van der Waals surface area contributed by atoms with Crippen LogP contribution in [-0.4, -0.2) is 22.0 Å². The Balaban J connectivity index is 2.20. The third-order valence-corrected chi connectivity index (χ3v) is 3.00. The van der Waals surface area contributed by atoms with Gasteiger partial charge < -0.3 is 10.1 Å². The molecule has 0 fully saturated rings. The number of rotatable bonds is 6. The van der Waals surface area contributed by atoms with Crippen LogP contribution in [0, 0.1) is 0 Å². The summed E-state index contributed by atoms with van der Waals surface area (Å²) in [5.41, 5.74) is 1.62. The molecule has 2 N–H and O–H groups in total. The predicted octanol–water partition coefficient (Wildman–Crippen LogP) is 3.03. The Hall–Kier alpha value is -2.63. The van der Waals surface area contributed by atoms with Crippen molar-refractivity contribution >= 4 is 17.6 Å². The van der Waals surface area contributed by atoms with E-state index in [1.54, 1.807) is 38.1 Å². The highest BCUT2D eigenvalue weighted by Crippen LogP contribution is 2.16. The zero-order valence-corrected chi connectivity index (χ0v) is 13.6. The second kappa shape index (κ2) is 7.58. The number of nitrogens with one attached hydrogen (secondary N) is 2. The summed E-state index contributed by atoms with van der Waals surface area (Å²) in [6.07, 6.45) is 1.47. The average Bonchev–Trinajstić information content (AvgIpc) is 2.46. The average molecular weight is 315 g/mol. The Kier molecular flexibility index (Phi) is 5.51. The first-order valence-corrected chi connectivity index (χ1v) is 7.66. The van der Waals surface area contributed by atoms with E-state index in [0.717, 1.165) is 18.5 Å². The monoisotopic (exact) mass is 315 g/mol. The Morgan fingerprint density at radius 3 is 2.83 bits per heavy atom. The third kappa shape index (κ3) is 4.95. The second-order valence-electron chi connectivity index (χ2n) is 5.50. The van der Waals surface area contributed by atoms with E-state index in [-0.39, 0.29) is 17.6 Å². The summed E-state index contributed by atoms with van der Waals surface area (Å²) < 4.78 is 5.17. The van der Waals surface area contributed by atoms with Crippen LogP contribution in [0.2, 0.25) is 0 Å². The minimum absolute atomic E-state index is 0.178. The van der Waals surface area contributed by atoms with Gasteiger partial charge in [0.05, 0.1) is 11.7 Å². The molecule has 0 atom stereocenters. The summed E-state index contributed by atoms with van der Waals surface area (Å²) in [4.78, 5) is 30.6. The molecule has 0 amide bonds. The maximum atomic E-state index is 11.9. The molecule has 0 bridgehead atoms.